The first kappa shape index (κ1) is 16.7. The molecule has 1 heterocycles. The summed E-state index contributed by atoms with van der Waals surface area (Å²) in [6.07, 6.45) is 8.09. The van der Waals surface area contributed by atoms with E-state index in [1.54, 1.807) is 7.11 Å². The van der Waals surface area contributed by atoms with E-state index in [4.69, 9.17) is 14.2 Å². The predicted octanol–water partition coefficient (Wildman–Crippen LogP) is 1.89. The van der Waals surface area contributed by atoms with Crippen molar-refractivity contribution < 1.29 is 19.0 Å². The first-order chi connectivity index (χ1) is 10.3. The molecule has 1 aliphatic heterocycles. The lowest BCUT2D eigenvalue weighted by atomic mass is 9.78. The average molecular weight is 299 g/mol. The molecule has 0 aromatic carbocycles. The Morgan fingerprint density at radius 1 is 1.05 bits per heavy atom. The molecular weight excluding hydrogens is 270 g/mol. The first-order valence-corrected chi connectivity index (χ1v) is 8.30. The maximum Gasteiger partial charge on any atom is 0.323 e. The molecule has 0 aromatic rings. The van der Waals surface area contributed by atoms with Crippen LogP contribution in [0.3, 0.4) is 0 Å². The number of carbonyl (C=O) groups excluding carboxylic acids is 1. The molecule has 3 unspecified atom stereocenters. The molecule has 0 aromatic heterocycles. The van der Waals surface area contributed by atoms with Crippen LogP contribution in [-0.2, 0) is 19.0 Å². The summed E-state index contributed by atoms with van der Waals surface area (Å²) >= 11 is 0. The van der Waals surface area contributed by atoms with Gasteiger partial charge in [0, 0.05) is 26.4 Å². The van der Waals surface area contributed by atoms with Crippen LogP contribution >= 0.6 is 0 Å². The summed E-state index contributed by atoms with van der Waals surface area (Å²) in [5.41, 5.74) is 0. The lowest BCUT2D eigenvalue weighted by molar-refractivity contribution is -0.149. The van der Waals surface area contributed by atoms with Crippen LogP contribution < -0.4 is 5.32 Å². The van der Waals surface area contributed by atoms with Gasteiger partial charge in [-0.25, -0.2) is 0 Å². The van der Waals surface area contributed by atoms with E-state index in [-0.39, 0.29) is 12.0 Å². The summed E-state index contributed by atoms with van der Waals surface area (Å²) in [6.45, 7) is 2.16. The van der Waals surface area contributed by atoms with Gasteiger partial charge in [0.2, 0.25) is 0 Å². The van der Waals surface area contributed by atoms with E-state index in [2.05, 4.69) is 5.32 Å². The fraction of sp³-hybridized carbons (Fsp3) is 0.938. The molecule has 2 rings (SSSR count). The van der Waals surface area contributed by atoms with E-state index in [0.717, 1.165) is 25.2 Å². The van der Waals surface area contributed by atoms with Crippen LogP contribution in [0.4, 0.5) is 0 Å². The standard InChI is InChI=1S/C16H29NO4/c1-19-9-4-10-20-11-12-21-16(18)15-8-7-13-5-2-3-6-14(13)17-15/h13-15,17H,2-12H2,1H3. The number of nitrogens with one attached hydrogen (secondary N) is 1. The molecule has 0 radical (unpaired) electrons. The van der Waals surface area contributed by atoms with Crippen molar-refractivity contribution >= 4 is 5.97 Å². The number of ether oxygens (including phenoxy) is 3. The Balaban J connectivity index is 1.56. The van der Waals surface area contributed by atoms with Crippen molar-refractivity contribution in [3.05, 3.63) is 0 Å². The number of rotatable bonds is 8. The fourth-order valence-corrected chi connectivity index (χ4v) is 3.39. The van der Waals surface area contributed by atoms with Gasteiger partial charge >= 0.3 is 5.97 Å². The molecule has 1 saturated heterocycles. The summed E-state index contributed by atoms with van der Waals surface area (Å²) in [4.78, 5) is 12.0. The Labute approximate surface area is 127 Å². The van der Waals surface area contributed by atoms with Gasteiger partial charge in [0.05, 0.1) is 6.61 Å². The Morgan fingerprint density at radius 2 is 1.90 bits per heavy atom. The van der Waals surface area contributed by atoms with E-state index in [1.807, 2.05) is 0 Å². The molecule has 0 amide bonds. The molecule has 3 atom stereocenters. The van der Waals surface area contributed by atoms with Gasteiger partial charge in [-0.2, -0.15) is 0 Å². The van der Waals surface area contributed by atoms with Gasteiger partial charge in [-0.3, -0.25) is 4.79 Å². The highest BCUT2D eigenvalue weighted by Gasteiger charge is 2.34. The molecule has 2 fully saturated rings. The Bertz CT molecular complexity index is 311. The third-order valence-electron chi connectivity index (χ3n) is 4.54. The average Bonchev–Trinajstić information content (AvgIpc) is 2.53. The Hall–Kier alpha value is -0.650. The Kier molecular flexibility index (Phi) is 7.47. The van der Waals surface area contributed by atoms with E-state index in [9.17, 15) is 4.79 Å². The monoisotopic (exact) mass is 299 g/mol. The molecular formula is C16H29NO4. The van der Waals surface area contributed by atoms with Crippen molar-refractivity contribution in [3.63, 3.8) is 0 Å². The molecule has 122 valence electrons. The lowest BCUT2D eigenvalue weighted by Crippen LogP contribution is -2.52. The van der Waals surface area contributed by atoms with Crippen LogP contribution in [-0.4, -0.2) is 51.6 Å². The summed E-state index contributed by atoms with van der Waals surface area (Å²) < 4.78 is 15.6. The maximum absolute atomic E-state index is 12.0. The Morgan fingerprint density at radius 3 is 2.76 bits per heavy atom. The molecule has 21 heavy (non-hydrogen) atoms. The molecule has 1 aliphatic carbocycles. The van der Waals surface area contributed by atoms with Crippen molar-refractivity contribution in [2.75, 3.05) is 33.5 Å². The number of hydrogen-bond donors (Lipinski definition) is 1. The zero-order chi connectivity index (χ0) is 14.9. The van der Waals surface area contributed by atoms with Crippen molar-refractivity contribution in [1.29, 1.82) is 0 Å². The lowest BCUT2D eigenvalue weighted by Gasteiger charge is -2.39. The largest absolute Gasteiger partial charge is 0.462 e. The van der Waals surface area contributed by atoms with Crippen molar-refractivity contribution in [3.8, 4) is 0 Å². The molecule has 5 heteroatoms. The summed E-state index contributed by atoms with van der Waals surface area (Å²) in [7, 11) is 1.68. The van der Waals surface area contributed by atoms with Crippen LogP contribution in [0.25, 0.3) is 0 Å². The van der Waals surface area contributed by atoms with Crippen LogP contribution in [0, 0.1) is 5.92 Å². The maximum atomic E-state index is 12.0. The van der Waals surface area contributed by atoms with Gasteiger partial charge in [-0.15, -0.1) is 0 Å². The number of fused-ring (bicyclic) bond motifs is 1. The van der Waals surface area contributed by atoms with Crippen molar-refractivity contribution in [1.82, 2.24) is 5.32 Å². The second-order valence-electron chi connectivity index (χ2n) is 6.07. The van der Waals surface area contributed by atoms with E-state index in [1.165, 1.54) is 25.7 Å². The van der Waals surface area contributed by atoms with Gasteiger partial charge in [0.15, 0.2) is 0 Å². The molecule has 5 nitrogen and oxygen atoms in total. The zero-order valence-corrected chi connectivity index (χ0v) is 13.1. The van der Waals surface area contributed by atoms with Crippen LogP contribution in [0.15, 0.2) is 0 Å². The topological polar surface area (TPSA) is 56.8 Å². The summed E-state index contributed by atoms with van der Waals surface area (Å²) in [5.74, 6) is 0.659. The molecule has 1 saturated carbocycles. The van der Waals surface area contributed by atoms with Crippen molar-refractivity contribution in [2.45, 2.75) is 57.0 Å². The normalized spacial score (nSPS) is 28.9. The number of hydrogen-bond acceptors (Lipinski definition) is 5. The smallest absolute Gasteiger partial charge is 0.323 e. The van der Waals surface area contributed by atoms with Crippen LogP contribution in [0.1, 0.15) is 44.9 Å². The highest BCUT2D eigenvalue weighted by molar-refractivity contribution is 5.76. The van der Waals surface area contributed by atoms with Gasteiger partial charge in [0.25, 0.3) is 0 Å². The summed E-state index contributed by atoms with van der Waals surface area (Å²) in [6, 6.07) is 0.410. The van der Waals surface area contributed by atoms with Gasteiger partial charge in [-0.1, -0.05) is 12.8 Å². The van der Waals surface area contributed by atoms with E-state index >= 15 is 0 Å². The number of methoxy groups -OCH3 is 1. The highest BCUT2D eigenvalue weighted by atomic mass is 16.6. The second kappa shape index (κ2) is 9.38. The molecule has 0 bridgehead atoms. The minimum absolute atomic E-state index is 0.112. The molecule has 0 spiro atoms. The number of esters is 1. The third-order valence-corrected chi connectivity index (χ3v) is 4.54. The number of carbonyl (C=O) groups is 1. The van der Waals surface area contributed by atoms with Crippen LogP contribution in [0.5, 0.6) is 0 Å². The third kappa shape index (κ3) is 5.57. The van der Waals surface area contributed by atoms with E-state index in [0.29, 0.717) is 32.5 Å². The minimum atomic E-state index is -0.113. The zero-order valence-electron chi connectivity index (χ0n) is 13.1. The summed E-state index contributed by atoms with van der Waals surface area (Å²) in [5, 5.41) is 3.49. The molecule has 1 N–H and O–H groups in total. The highest BCUT2D eigenvalue weighted by Crippen LogP contribution is 2.32. The predicted molar refractivity (Wildman–Crippen MR) is 80.2 cm³/mol. The minimum Gasteiger partial charge on any atom is -0.462 e. The van der Waals surface area contributed by atoms with Gasteiger partial charge in [0.1, 0.15) is 12.6 Å². The quantitative estimate of drug-likeness (QED) is 0.548. The van der Waals surface area contributed by atoms with Gasteiger partial charge in [-0.05, 0) is 38.0 Å². The fourth-order valence-electron chi connectivity index (χ4n) is 3.39. The number of piperidine rings is 1. The SMILES string of the molecule is COCCCOCCOC(=O)C1CCC2CCCCC2N1. The first-order valence-electron chi connectivity index (χ1n) is 8.30. The van der Waals surface area contributed by atoms with Crippen molar-refractivity contribution in [2.24, 2.45) is 5.92 Å². The van der Waals surface area contributed by atoms with Crippen LogP contribution in [0.2, 0.25) is 0 Å². The van der Waals surface area contributed by atoms with E-state index < -0.39 is 0 Å². The van der Waals surface area contributed by atoms with Gasteiger partial charge < -0.3 is 19.5 Å². The molecule has 2 aliphatic rings. The second-order valence-corrected chi connectivity index (χ2v) is 6.07.